The molecule has 0 radical (unpaired) electrons. The fourth-order valence-corrected chi connectivity index (χ4v) is 2.75. The molecule has 1 fully saturated rings. The maximum absolute atomic E-state index is 11.9. The summed E-state index contributed by atoms with van der Waals surface area (Å²) in [6, 6.07) is 7.10. The second-order valence-electron chi connectivity index (χ2n) is 5.69. The van der Waals surface area contributed by atoms with Gasteiger partial charge in [-0.2, -0.15) is 5.10 Å². The Balaban J connectivity index is 1.40. The number of amides is 1. The number of halogens is 1. The molecule has 7 heteroatoms. The second kappa shape index (κ2) is 8.17. The van der Waals surface area contributed by atoms with Crippen LogP contribution in [0.15, 0.2) is 36.7 Å². The molecule has 1 aliphatic rings. The third-order valence-electron chi connectivity index (χ3n) is 3.73. The van der Waals surface area contributed by atoms with E-state index >= 15 is 0 Å². The van der Waals surface area contributed by atoms with E-state index in [-0.39, 0.29) is 25.0 Å². The maximum Gasteiger partial charge on any atom is 0.227 e. The Kier molecular flexibility index (Phi) is 5.72. The van der Waals surface area contributed by atoms with Crippen molar-refractivity contribution in [1.29, 1.82) is 0 Å². The Labute approximate surface area is 145 Å². The van der Waals surface area contributed by atoms with Gasteiger partial charge in [0.2, 0.25) is 5.91 Å². The van der Waals surface area contributed by atoms with Crippen molar-refractivity contribution in [2.24, 2.45) is 0 Å². The van der Waals surface area contributed by atoms with E-state index in [0.29, 0.717) is 23.0 Å². The predicted octanol–water partition coefficient (Wildman–Crippen LogP) is 3.12. The first-order valence-electron chi connectivity index (χ1n) is 8.01. The second-order valence-corrected chi connectivity index (χ2v) is 6.13. The normalized spacial score (nSPS) is 17.0. The zero-order chi connectivity index (χ0) is 16.8. The van der Waals surface area contributed by atoms with Crippen molar-refractivity contribution >= 4 is 23.2 Å². The van der Waals surface area contributed by atoms with Crippen molar-refractivity contribution in [3.8, 4) is 5.75 Å². The Bertz CT molecular complexity index is 683. The molecule has 1 atom stereocenters. The van der Waals surface area contributed by atoms with E-state index in [1.54, 1.807) is 35.1 Å². The molecule has 2 heterocycles. The number of rotatable bonds is 7. The van der Waals surface area contributed by atoms with Crippen molar-refractivity contribution in [2.75, 3.05) is 18.5 Å². The topological polar surface area (TPSA) is 65.4 Å². The lowest BCUT2D eigenvalue weighted by Gasteiger charge is -2.08. The van der Waals surface area contributed by atoms with Crippen molar-refractivity contribution in [3.05, 3.63) is 41.7 Å². The molecule has 1 N–H and O–H groups in total. The van der Waals surface area contributed by atoms with Gasteiger partial charge in [-0.3, -0.25) is 9.48 Å². The minimum atomic E-state index is -0.117. The molecule has 3 rings (SSSR count). The molecular weight excluding hydrogens is 330 g/mol. The minimum absolute atomic E-state index is 0.117. The average Bonchev–Trinajstić information content (AvgIpc) is 3.20. The summed E-state index contributed by atoms with van der Waals surface area (Å²) in [6.07, 6.45) is 6.09. The number of nitrogens with zero attached hydrogens (tertiary/aromatic N) is 2. The number of anilines is 1. The summed E-state index contributed by atoms with van der Waals surface area (Å²) in [5.41, 5.74) is 0.681. The van der Waals surface area contributed by atoms with Gasteiger partial charge in [-0.25, -0.2) is 0 Å². The van der Waals surface area contributed by atoms with Gasteiger partial charge in [0.05, 0.1) is 37.6 Å². The Morgan fingerprint density at radius 2 is 2.42 bits per heavy atom. The van der Waals surface area contributed by atoms with Gasteiger partial charge in [-0.05, 0) is 31.0 Å². The number of nitrogens with one attached hydrogen (secondary N) is 1. The molecule has 0 saturated carbocycles. The molecule has 2 aromatic rings. The van der Waals surface area contributed by atoms with Crippen LogP contribution in [0.1, 0.15) is 19.3 Å². The van der Waals surface area contributed by atoms with Crippen LogP contribution in [-0.4, -0.2) is 35.0 Å². The van der Waals surface area contributed by atoms with Gasteiger partial charge in [0.25, 0.3) is 0 Å². The molecule has 0 unspecified atom stereocenters. The van der Waals surface area contributed by atoms with E-state index < -0.39 is 0 Å². The number of hydrogen-bond donors (Lipinski definition) is 1. The molecule has 0 spiro atoms. The first-order valence-corrected chi connectivity index (χ1v) is 8.39. The number of carbonyl (C=O) groups excluding carboxylic acids is 1. The van der Waals surface area contributed by atoms with Crippen LogP contribution < -0.4 is 10.1 Å². The van der Waals surface area contributed by atoms with Gasteiger partial charge < -0.3 is 14.8 Å². The summed E-state index contributed by atoms with van der Waals surface area (Å²) in [4.78, 5) is 11.9. The van der Waals surface area contributed by atoms with E-state index in [2.05, 4.69) is 10.4 Å². The molecule has 0 aliphatic carbocycles. The van der Waals surface area contributed by atoms with Crippen LogP contribution in [-0.2, 0) is 16.1 Å². The fourth-order valence-electron chi connectivity index (χ4n) is 2.57. The standard InChI is InChI=1S/C17H20ClN3O3/c18-13-3-1-4-15(9-13)24-8-6-17(22)20-14-10-19-21(11-14)12-16-5-2-7-23-16/h1,3-4,9-11,16H,2,5-8,12H2,(H,20,22)/t16-/m1/s1. The highest BCUT2D eigenvalue weighted by Crippen LogP contribution is 2.17. The monoisotopic (exact) mass is 349 g/mol. The van der Waals surface area contributed by atoms with Crippen LogP contribution in [0.3, 0.4) is 0 Å². The summed E-state index contributed by atoms with van der Waals surface area (Å²) < 4.78 is 12.9. The molecule has 6 nitrogen and oxygen atoms in total. The molecule has 1 amide bonds. The highest BCUT2D eigenvalue weighted by molar-refractivity contribution is 6.30. The molecule has 1 aromatic carbocycles. The van der Waals surface area contributed by atoms with Crippen molar-refractivity contribution in [1.82, 2.24) is 9.78 Å². The first-order chi connectivity index (χ1) is 11.7. The summed E-state index contributed by atoms with van der Waals surface area (Å²) in [5.74, 6) is 0.536. The van der Waals surface area contributed by atoms with Crippen LogP contribution in [0.2, 0.25) is 5.02 Å². The smallest absolute Gasteiger partial charge is 0.227 e. The molecule has 24 heavy (non-hydrogen) atoms. The number of aromatic nitrogens is 2. The Morgan fingerprint density at radius 1 is 1.50 bits per heavy atom. The van der Waals surface area contributed by atoms with Gasteiger partial charge >= 0.3 is 0 Å². The van der Waals surface area contributed by atoms with Crippen LogP contribution in [0.4, 0.5) is 5.69 Å². The van der Waals surface area contributed by atoms with E-state index in [4.69, 9.17) is 21.1 Å². The average molecular weight is 350 g/mol. The Morgan fingerprint density at radius 3 is 3.21 bits per heavy atom. The Hall–Kier alpha value is -2.05. The lowest BCUT2D eigenvalue weighted by molar-refractivity contribution is -0.116. The zero-order valence-electron chi connectivity index (χ0n) is 13.3. The molecule has 128 valence electrons. The highest BCUT2D eigenvalue weighted by Gasteiger charge is 2.16. The number of carbonyl (C=O) groups is 1. The van der Waals surface area contributed by atoms with Crippen molar-refractivity contribution in [2.45, 2.75) is 31.9 Å². The molecular formula is C17H20ClN3O3. The lowest BCUT2D eigenvalue weighted by atomic mass is 10.2. The zero-order valence-corrected chi connectivity index (χ0v) is 14.0. The van der Waals surface area contributed by atoms with E-state index in [1.165, 1.54) is 0 Å². The van der Waals surface area contributed by atoms with E-state index in [9.17, 15) is 4.79 Å². The summed E-state index contributed by atoms with van der Waals surface area (Å²) in [5, 5.41) is 7.67. The fraction of sp³-hybridized carbons (Fsp3) is 0.412. The summed E-state index contributed by atoms with van der Waals surface area (Å²) in [7, 11) is 0. The van der Waals surface area contributed by atoms with Crippen LogP contribution >= 0.6 is 11.6 Å². The van der Waals surface area contributed by atoms with Crippen LogP contribution in [0.25, 0.3) is 0 Å². The third-order valence-corrected chi connectivity index (χ3v) is 3.96. The van der Waals surface area contributed by atoms with E-state index in [0.717, 1.165) is 19.4 Å². The van der Waals surface area contributed by atoms with Gasteiger partial charge in [0.1, 0.15) is 5.75 Å². The third kappa shape index (κ3) is 4.97. The summed E-state index contributed by atoms with van der Waals surface area (Å²) >= 11 is 5.88. The number of ether oxygens (including phenoxy) is 2. The molecule has 1 aromatic heterocycles. The minimum Gasteiger partial charge on any atom is -0.493 e. The first kappa shape index (κ1) is 16.8. The highest BCUT2D eigenvalue weighted by atomic mass is 35.5. The number of benzene rings is 1. The lowest BCUT2D eigenvalue weighted by Crippen LogP contribution is -2.16. The molecule has 0 bridgehead atoms. The van der Waals surface area contributed by atoms with Gasteiger partial charge in [0.15, 0.2) is 0 Å². The van der Waals surface area contributed by atoms with Gasteiger partial charge in [0, 0.05) is 17.8 Å². The number of hydrogen-bond acceptors (Lipinski definition) is 4. The van der Waals surface area contributed by atoms with Crippen molar-refractivity contribution in [3.63, 3.8) is 0 Å². The predicted molar refractivity (Wildman–Crippen MR) is 91.4 cm³/mol. The SMILES string of the molecule is O=C(CCOc1cccc(Cl)c1)Nc1cnn(C[C@H]2CCCO2)c1. The van der Waals surface area contributed by atoms with Crippen LogP contribution in [0.5, 0.6) is 5.75 Å². The van der Waals surface area contributed by atoms with Crippen LogP contribution in [0, 0.1) is 0 Å². The quantitative estimate of drug-likeness (QED) is 0.834. The molecule has 1 aliphatic heterocycles. The van der Waals surface area contributed by atoms with Gasteiger partial charge in [-0.15, -0.1) is 0 Å². The van der Waals surface area contributed by atoms with Crippen molar-refractivity contribution < 1.29 is 14.3 Å². The van der Waals surface area contributed by atoms with Gasteiger partial charge in [-0.1, -0.05) is 17.7 Å². The van der Waals surface area contributed by atoms with E-state index in [1.807, 2.05) is 6.20 Å². The molecule has 1 saturated heterocycles. The summed E-state index contributed by atoms with van der Waals surface area (Å²) in [6.45, 7) is 1.83. The maximum atomic E-state index is 11.9. The largest absolute Gasteiger partial charge is 0.493 e.